The van der Waals surface area contributed by atoms with Gasteiger partial charge in [-0.15, -0.1) is 11.3 Å². The third kappa shape index (κ3) is 5.21. The number of esters is 1. The van der Waals surface area contributed by atoms with E-state index in [1.807, 2.05) is 0 Å². The first-order valence-electron chi connectivity index (χ1n) is 12.0. The standard InChI is InChI=1S/C25H32N2O5S2/c1-3-32-25(29)22-20-7-5-4-6-8-21(20)33-24(22)26-23(28)18-9-11-19(12-10-18)34(30,31)27-15-13-17(2)14-16-27/h9-12,17H,3-8,13-16H2,1-2H3,(H,26,28). The molecule has 2 aromatic rings. The minimum atomic E-state index is -3.57. The molecule has 1 N–H and O–H groups in total. The van der Waals surface area contributed by atoms with Gasteiger partial charge in [-0.2, -0.15) is 4.31 Å². The van der Waals surface area contributed by atoms with Gasteiger partial charge in [-0.25, -0.2) is 13.2 Å². The quantitative estimate of drug-likeness (QED) is 0.448. The number of piperidine rings is 1. The first-order chi connectivity index (χ1) is 16.3. The zero-order valence-corrected chi connectivity index (χ0v) is 21.4. The van der Waals surface area contributed by atoms with Crippen LogP contribution in [0.4, 0.5) is 5.00 Å². The molecule has 1 aliphatic carbocycles. The number of sulfonamides is 1. The summed E-state index contributed by atoms with van der Waals surface area (Å²) in [5, 5.41) is 3.40. The highest BCUT2D eigenvalue weighted by molar-refractivity contribution is 7.89. The van der Waals surface area contributed by atoms with E-state index >= 15 is 0 Å². The van der Waals surface area contributed by atoms with Crippen LogP contribution in [0.3, 0.4) is 0 Å². The van der Waals surface area contributed by atoms with Crippen LogP contribution < -0.4 is 5.32 Å². The lowest BCUT2D eigenvalue weighted by Gasteiger charge is -2.29. The number of nitrogens with zero attached hydrogens (tertiary/aromatic N) is 1. The van der Waals surface area contributed by atoms with Crippen molar-refractivity contribution in [1.82, 2.24) is 4.31 Å². The minimum Gasteiger partial charge on any atom is -0.462 e. The predicted octanol–water partition coefficient (Wildman–Crippen LogP) is 4.87. The number of rotatable bonds is 6. The molecule has 9 heteroatoms. The van der Waals surface area contributed by atoms with E-state index in [1.54, 1.807) is 6.92 Å². The van der Waals surface area contributed by atoms with Crippen molar-refractivity contribution in [1.29, 1.82) is 0 Å². The normalized spacial score (nSPS) is 17.6. The monoisotopic (exact) mass is 504 g/mol. The van der Waals surface area contributed by atoms with Gasteiger partial charge in [0.05, 0.1) is 17.1 Å². The van der Waals surface area contributed by atoms with Gasteiger partial charge in [-0.3, -0.25) is 4.79 Å². The van der Waals surface area contributed by atoms with E-state index in [2.05, 4.69) is 12.2 Å². The number of hydrogen-bond acceptors (Lipinski definition) is 6. The molecule has 0 spiro atoms. The van der Waals surface area contributed by atoms with Crippen molar-refractivity contribution < 1.29 is 22.7 Å². The zero-order valence-electron chi connectivity index (χ0n) is 19.8. The minimum absolute atomic E-state index is 0.189. The molecule has 1 aromatic carbocycles. The Morgan fingerprint density at radius 2 is 1.76 bits per heavy atom. The van der Waals surface area contributed by atoms with Crippen molar-refractivity contribution in [3.63, 3.8) is 0 Å². The van der Waals surface area contributed by atoms with E-state index in [0.29, 0.717) is 35.1 Å². The molecule has 0 atom stereocenters. The van der Waals surface area contributed by atoms with Crippen LogP contribution in [-0.4, -0.2) is 44.3 Å². The van der Waals surface area contributed by atoms with E-state index in [-0.39, 0.29) is 17.4 Å². The average Bonchev–Trinajstić information content (AvgIpc) is 2.99. The Kier molecular flexibility index (Phi) is 7.74. The van der Waals surface area contributed by atoms with Gasteiger partial charge in [0.2, 0.25) is 10.0 Å². The van der Waals surface area contributed by atoms with E-state index in [9.17, 15) is 18.0 Å². The van der Waals surface area contributed by atoms with Crippen LogP contribution in [0.15, 0.2) is 29.2 Å². The summed E-state index contributed by atoms with van der Waals surface area (Å²) in [6.45, 7) is 5.21. The van der Waals surface area contributed by atoms with Crippen LogP contribution in [0, 0.1) is 5.92 Å². The van der Waals surface area contributed by atoms with Crippen LogP contribution >= 0.6 is 11.3 Å². The van der Waals surface area contributed by atoms with Crippen molar-refractivity contribution in [2.45, 2.75) is 63.7 Å². The summed E-state index contributed by atoms with van der Waals surface area (Å²) in [7, 11) is -3.57. The van der Waals surface area contributed by atoms with Crippen molar-refractivity contribution in [3.05, 3.63) is 45.8 Å². The molecule has 0 unspecified atom stereocenters. The van der Waals surface area contributed by atoms with Crippen LogP contribution in [0.2, 0.25) is 0 Å². The molecule has 0 bridgehead atoms. The van der Waals surface area contributed by atoms with Gasteiger partial charge >= 0.3 is 5.97 Å². The molecule has 0 radical (unpaired) electrons. The highest BCUT2D eigenvalue weighted by atomic mass is 32.2. The Labute approximate surface area is 205 Å². The topological polar surface area (TPSA) is 92.8 Å². The van der Waals surface area contributed by atoms with E-state index in [4.69, 9.17) is 4.74 Å². The van der Waals surface area contributed by atoms with Gasteiger partial charge in [0.15, 0.2) is 0 Å². The maximum Gasteiger partial charge on any atom is 0.341 e. The Bertz CT molecular complexity index is 1150. The molecular formula is C25H32N2O5S2. The number of nitrogens with one attached hydrogen (secondary N) is 1. The number of carbonyl (C=O) groups is 2. The number of carbonyl (C=O) groups excluding carboxylic acids is 2. The number of fused-ring (bicyclic) bond motifs is 1. The average molecular weight is 505 g/mol. The van der Waals surface area contributed by atoms with Gasteiger partial charge in [0.1, 0.15) is 5.00 Å². The number of ether oxygens (including phenoxy) is 1. The maximum atomic E-state index is 13.0. The summed E-state index contributed by atoms with van der Waals surface area (Å²) in [6, 6.07) is 6.02. The summed E-state index contributed by atoms with van der Waals surface area (Å²) >= 11 is 1.44. The van der Waals surface area contributed by atoms with Crippen molar-refractivity contribution in [3.8, 4) is 0 Å². The second-order valence-corrected chi connectivity index (χ2v) is 12.1. The molecule has 1 aliphatic heterocycles. The number of hydrogen-bond donors (Lipinski definition) is 1. The molecule has 184 valence electrons. The number of thiophene rings is 1. The first-order valence-corrected chi connectivity index (χ1v) is 14.3. The molecule has 2 heterocycles. The fraction of sp³-hybridized carbons (Fsp3) is 0.520. The molecule has 1 saturated heterocycles. The van der Waals surface area contributed by atoms with Gasteiger partial charge in [0, 0.05) is 23.5 Å². The lowest BCUT2D eigenvalue weighted by atomic mass is 10.0. The molecule has 2 aliphatic rings. The van der Waals surface area contributed by atoms with Crippen LogP contribution in [0.25, 0.3) is 0 Å². The van der Waals surface area contributed by atoms with Gasteiger partial charge < -0.3 is 10.1 Å². The third-order valence-corrected chi connectivity index (χ3v) is 9.74. The number of amides is 1. The molecule has 1 fully saturated rings. The first kappa shape index (κ1) is 24.9. The van der Waals surface area contributed by atoms with Gasteiger partial charge in [0.25, 0.3) is 5.91 Å². The third-order valence-electron chi connectivity index (χ3n) is 6.62. The summed E-state index contributed by atoms with van der Waals surface area (Å²) in [6.07, 6.45) is 6.60. The molecule has 7 nitrogen and oxygen atoms in total. The van der Waals surface area contributed by atoms with E-state index in [0.717, 1.165) is 55.4 Å². The Morgan fingerprint density at radius 3 is 2.44 bits per heavy atom. The molecule has 1 amide bonds. The lowest BCUT2D eigenvalue weighted by molar-refractivity contribution is 0.0527. The highest BCUT2D eigenvalue weighted by Crippen LogP contribution is 2.38. The molecule has 1 aromatic heterocycles. The fourth-order valence-electron chi connectivity index (χ4n) is 4.58. The fourth-order valence-corrected chi connectivity index (χ4v) is 7.32. The zero-order chi connectivity index (χ0) is 24.3. The van der Waals surface area contributed by atoms with Crippen molar-refractivity contribution in [2.75, 3.05) is 25.0 Å². The Balaban J connectivity index is 1.54. The van der Waals surface area contributed by atoms with Crippen LogP contribution in [0.5, 0.6) is 0 Å². The van der Waals surface area contributed by atoms with Crippen LogP contribution in [0.1, 0.15) is 77.1 Å². The van der Waals surface area contributed by atoms with E-state index < -0.39 is 16.0 Å². The molecule has 34 heavy (non-hydrogen) atoms. The summed E-state index contributed by atoms with van der Waals surface area (Å²) in [5.74, 6) is -0.253. The molecule has 4 rings (SSSR count). The maximum absolute atomic E-state index is 13.0. The van der Waals surface area contributed by atoms with Gasteiger partial charge in [-0.05, 0) is 81.2 Å². The molecule has 0 saturated carbocycles. The summed E-state index contributed by atoms with van der Waals surface area (Å²) in [4.78, 5) is 27.0. The van der Waals surface area contributed by atoms with Gasteiger partial charge in [-0.1, -0.05) is 13.3 Å². The second kappa shape index (κ2) is 10.6. The summed E-state index contributed by atoms with van der Waals surface area (Å²) in [5.41, 5.74) is 1.80. The predicted molar refractivity (Wildman–Crippen MR) is 133 cm³/mol. The number of aryl methyl sites for hydroxylation is 1. The van der Waals surface area contributed by atoms with Crippen molar-refractivity contribution in [2.24, 2.45) is 5.92 Å². The van der Waals surface area contributed by atoms with Crippen LogP contribution in [-0.2, 0) is 27.6 Å². The molecular weight excluding hydrogens is 472 g/mol. The highest BCUT2D eigenvalue weighted by Gasteiger charge is 2.29. The SMILES string of the molecule is CCOC(=O)c1c(NC(=O)c2ccc(S(=O)(=O)N3CCC(C)CC3)cc2)sc2c1CCCCC2. The smallest absolute Gasteiger partial charge is 0.341 e. The summed E-state index contributed by atoms with van der Waals surface area (Å²) < 4.78 is 32.7. The lowest BCUT2D eigenvalue weighted by Crippen LogP contribution is -2.37. The van der Waals surface area contributed by atoms with Crippen molar-refractivity contribution >= 4 is 38.2 Å². The largest absolute Gasteiger partial charge is 0.462 e. The number of anilines is 1. The Hall–Kier alpha value is -2.23. The Morgan fingerprint density at radius 1 is 1.09 bits per heavy atom. The second-order valence-electron chi connectivity index (χ2n) is 9.05. The van der Waals surface area contributed by atoms with E-state index in [1.165, 1.54) is 39.9 Å². The number of benzene rings is 1.